The van der Waals surface area contributed by atoms with Gasteiger partial charge in [-0.25, -0.2) is 9.59 Å². The van der Waals surface area contributed by atoms with Gasteiger partial charge < -0.3 is 33.2 Å². The molecule has 0 amide bonds. The number of carbonyl (C=O) groups excluding carboxylic acids is 4. The molecule has 11 heteroatoms. The number of esters is 4. The number of aliphatic hydroxyl groups is 1. The summed E-state index contributed by atoms with van der Waals surface area (Å²) in [6.07, 6.45) is -3.44. The topological polar surface area (TPSA) is 148 Å². The van der Waals surface area contributed by atoms with Crippen LogP contribution in [0.1, 0.15) is 75.3 Å². The average Bonchev–Trinajstić information content (AvgIpc) is 3.58. The Morgan fingerprint density at radius 3 is 2.17 bits per heavy atom. The summed E-state index contributed by atoms with van der Waals surface area (Å²) in [5, 5.41) is 14.1. The molecule has 1 saturated heterocycles. The Morgan fingerprint density at radius 2 is 1.50 bits per heavy atom. The van der Waals surface area contributed by atoms with E-state index in [0.29, 0.717) is 10.9 Å². The van der Waals surface area contributed by atoms with E-state index in [2.05, 4.69) is 0 Å². The number of ether oxygens (including phenoxy) is 5. The molecule has 8 atom stereocenters. The number of furan rings is 1. The number of benzene rings is 2. The van der Waals surface area contributed by atoms with Crippen molar-refractivity contribution in [3.63, 3.8) is 0 Å². The minimum Gasteiger partial charge on any atom is -0.458 e. The molecule has 2 bridgehead atoms. The van der Waals surface area contributed by atoms with Crippen LogP contribution in [-0.4, -0.2) is 70.2 Å². The van der Waals surface area contributed by atoms with E-state index >= 15 is 0 Å². The fourth-order valence-corrected chi connectivity index (χ4v) is 8.36. The van der Waals surface area contributed by atoms with Crippen molar-refractivity contribution in [3.8, 4) is 0 Å². The third kappa shape index (κ3) is 4.70. The van der Waals surface area contributed by atoms with E-state index in [1.165, 1.54) is 33.1 Å². The zero-order valence-electron chi connectivity index (χ0n) is 26.6. The molecule has 244 valence electrons. The Morgan fingerprint density at radius 1 is 0.804 bits per heavy atom. The van der Waals surface area contributed by atoms with Crippen LogP contribution in [-0.2, 0) is 33.3 Å². The summed E-state index contributed by atoms with van der Waals surface area (Å²) in [5.41, 5.74) is -6.03. The molecule has 0 unspecified atom stereocenters. The van der Waals surface area contributed by atoms with Gasteiger partial charge in [-0.3, -0.25) is 9.59 Å². The molecule has 1 aliphatic heterocycles. The number of carbonyl (C=O) groups is 4. The van der Waals surface area contributed by atoms with Crippen LogP contribution in [0.3, 0.4) is 0 Å². The van der Waals surface area contributed by atoms with Crippen LogP contribution in [0, 0.1) is 11.3 Å². The van der Waals surface area contributed by atoms with Crippen molar-refractivity contribution in [2.45, 2.75) is 95.6 Å². The average molecular weight is 635 g/mol. The molecule has 3 fully saturated rings. The fraction of sp³-hybridized carbons (Fsp3) is 0.486. The fourth-order valence-electron chi connectivity index (χ4n) is 8.36. The van der Waals surface area contributed by atoms with Gasteiger partial charge in [0.1, 0.15) is 23.9 Å². The van der Waals surface area contributed by atoms with Gasteiger partial charge in [0.15, 0.2) is 6.10 Å². The smallest absolute Gasteiger partial charge is 0.374 e. The van der Waals surface area contributed by atoms with Crippen molar-refractivity contribution in [2.75, 3.05) is 0 Å². The summed E-state index contributed by atoms with van der Waals surface area (Å²) in [7, 11) is 0. The van der Waals surface area contributed by atoms with Crippen molar-refractivity contribution in [3.05, 3.63) is 72.2 Å². The Balaban J connectivity index is 1.53. The molecule has 2 aliphatic carbocycles. The lowest BCUT2D eigenvalue weighted by Crippen LogP contribution is -2.81. The predicted molar refractivity (Wildman–Crippen MR) is 162 cm³/mol. The first-order chi connectivity index (χ1) is 21.6. The van der Waals surface area contributed by atoms with Crippen LogP contribution >= 0.6 is 0 Å². The highest BCUT2D eigenvalue weighted by Crippen LogP contribution is 2.69. The minimum atomic E-state index is -1.87. The van der Waals surface area contributed by atoms with E-state index in [9.17, 15) is 24.3 Å². The summed E-state index contributed by atoms with van der Waals surface area (Å²) < 4.78 is 36.4. The Bertz CT molecular complexity index is 1690. The molecule has 11 nitrogen and oxygen atoms in total. The van der Waals surface area contributed by atoms with Crippen LogP contribution in [0.4, 0.5) is 0 Å². The highest BCUT2D eigenvalue weighted by Gasteiger charge is 2.84. The van der Waals surface area contributed by atoms with Gasteiger partial charge in [-0.05, 0) is 63.1 Å². The van der Waals surface area contributed by atoms with E-state index in [4.69, 9.17) is 28.1 Å². The Kier molecular flexibility index (Phi) is 7.56. The molecule has 1 spiro atoms. The lowest BCUT2D eigenvalue weighted by Gasteiger charge is -2.65. The Hall–Kier alpha value is -4.22. The highest BCUT2D eigenvalue weighted by molar-refractivity contribution is 6.04. The molecule has 0 radical (unpaired) electrons. The zero-order chi connectivity index (χ0) is 33.2. The van der Waals surface area contributed by atoms with Gasteiger partial charge in [-0.1, -0.05) is 36.4 Å². The molecule has 6 rings (SSSR count). The van der Waals surface area contributed by atoms with Crippen LogP contribution in [0.5, 0.6) is 0 Å². The normalized spacial score (nSPS) is 34.3. The lowest BCUT2D eigenvalue weighted by molar-refractivity contribution is -0.343. The van der Waals surface area contributed by atoms with Crippen molar-refractivity contribution in [2.24, 2.45) is 11.3 Å². The molecule has 1 N–H and O–H groups in total. The first-order valence-electron chi connectivity index (χ1n) is 15.3. The zero-order valence-corrected chi connectivity index (χ0v) is 26.6. The van der Waals surface area contributed by atoms with E-state index in [0.717, 1.165) is 5.39 Å². The maximum Gasteiger partial charge on any atom is 0.374 e. The van der Waals surface area contributed by atoms with Crippen LogP contribution in [0.2, 0.25) is 0 Å². The van der Waals surface area contributed by atoms with Gasteiger partial charge in [0.25, 0.3) is 0 Å². The standard InChI is InChI=1S/C35H38O11/c1-19(36)42-26-18-33(5,40)35-28(45-30(38)23-14-9-12-21-11-7-8-13-22(21)23)24(32(3,4)46-35)17-27(34(35,6)29(26)43-20(2)37)44-31(39)25-15-10-16-41-25/h7-16,24,26-29,40H,17-18H2,1-6H3/t24-,26+,27+,28-,29+,33+,34-,35+/m1/s1. The summed E-state index contributed by atoms with van der Waals surface area (Å²) in [6.45, 7) is 9.22. The van der Waals surface area contributed by atoms with Crippen molar-refractivity contribution in [1.29, 1.82) is 0 Å². The number of rotatable bonds is 6. The molecule has 3 aliphatic rings. The van der Waals surface area contributed by atoms with Gasteiger partial charge in [0.05, 0.1) is 28.4 Å². The van der Waals surface area contributed by atoms with Crippen LogP contribution in [0.25, 0.3) is 10.8 Å². The Labute approximate surface area is 266 Å². The van der Waals surface area contributed by atoms with E-state index in [1.807, 2.05) is 44.2 Å². The molecule has 2 heterocycles. The van der Waals surface area contributed by atoms with E-state index in [1.54, 1.807) is 25.1 Å². The maximum absolute atomic E-state index is 14.1. The summed E-state index contributed by atoms with van der Waals surface area (Å²) in [6, 6.07) is 15.7. The second-order valence-electron chi connectivity index (χ2n) is 13.4. The van der Waals surface area contributed by atoms with Gasteiger partial charge in [-0.15, -0.1) is 0 Å². The molecular formula is C35H38O11. The molecule has 2 saturated carbocycles. The number of fused-ring (bicyclic) bond motifs is 2. The predicted octanol–water partition coefficient (Wildman–Crippen LogP) is 4.78. The monoisotopic (exact) mass is 634 g/mol. The summed E-state index contributed by atoms with van der Waals surface area (Å²) >= 11 is 0. The van der Waals surface area contributed by atoms with Crippen LogP contribution < -0.4 is 0 Å². The largest absolute Gasteiger partial charge is 0.458 e. The van der Waals surface area contributed by atoms with Gasteiger partial charge in [0, 0.05) is 26.2 Å². The SMILES string of the molecule is CC(=O)O[C@H]1C[C@](C)(O)[C@]23OC(C)(C)[C@H](C[C@H](OC(=O)c4ccco4)[C@]2(C)[C@H]1OC(C)=O)[C@H]3OC(=O)c1cccc2ccccc12. The third-order valence-corrected chi connectivity index (χ3v) is 10.2. The molecule has 46 heavy (non-hydrogen) atoms. The highest BCUT2D eigenvalue weighted by atomic mass is 16.6. The molecule has 2 aromatic carbocycles. The number of hydrogen-bond acceptors (Lipinski definition) is 11. The van der Waals surface area contributed by atoms with Gasteiger partial charge in [-0.2, -0.15) is 0 Å². The van der Waals surface area contributed by atoms with Crippen molar-refractivity contribution >= 4 is 34.6 Å². The lowest BCUT2D eigenvalue weighted by atomic mass is 9.47. The minimum absolute atomic E-state index is 0.0576. The third-order valence-electron chi connectivity index (χ3n) is 10.2. The van der Waals surface area contributed by atoms with Crippen LogP contribution in [0.15, 0.2) is 65.3 Å². The quantitative estimate of drug-likeness (QED) is 0.295. The van der Waals surface area contributed by atoms with E-state index < -0.39 is 76.4 Å². The maximum atomic E-state index is 14.1. The molecule has 3 aromatic rings. The number of hydrogen-bond donors (Lipinski definition) is 1. The second-order valence-corrected chi connectivity index (χ2v) is 13.4. The van der Waals surface area contributed by atoms with Crippen molar-refractivity contribution < 1.29 is 52.4 Å². The first-order valence-corrected chi connectivity index (χ1v) is 15.3. The van der Waals surface area contributed by atoms with Crippen molar-refractivity contribution in [1.82, 2.24) is 0 Å². The second kappa shape index (κ2) is 10.9. The van der Waals surface area contributed by atoms with Gasteiger partial charge >= 0.3 is 23.9 Å². The molecular weight excluding hydrogens is 596 g/mol. The molecule has 1 aromatic heterocycles. The summed E-state index contributed by atoms with van der Waals surface area (Å²) in [4.78, 5) is 52.5. The van der Waals surface area contributed by atoms with Gasteiger partial charge in [0.2, 0.25) is 5.76 Å². The van der Waals surface area contributed by atoms with E-state index in [-0.39, 0.29) is 18.6 Å². The first kappa shape index (κ1) is 31.7. The summed E-state index contributed by atoms with van der Waals surface area (Å²) in [5.74, 6) is -3.43.